The molecule has 2 heterocycles. The van der Waals surface area contributed by atoms with Gasteiger partial charge in [0.25, 0.3) is 0 Å². The number of imidazole rings is 1. The Bertz CT molecular complexity index is 1380. The largest absolute Gasteiger partial charge is 0.416 e. The van der Waals surface area contributed by atoms with E-state index in [1.807, 2.05) is 25.7 Å². The number of carbonyl (C=O) groups excluding carboxylic acids is 1. The average Bonchev–Trinajstić information content (AvgIpc) is 3.17. The summed E-state index contributed by atoms with van der Waals surface area (Å²) in [5.74, 6) is 1.27. The van der Waals surface area contributed by atoms with Gasteiger partial charge in [0.1, 0.15) is 5.82 Å². The Morgan fingerprint density at radius 1 is 1.00 bits per heavy atom. The third-order valence-electron chi connectivity index (χ3n) is 6.69. The van der Waals surface area contributed by atoms with Crippen LogP contribution in [-0.4, -0.2) is 41.9 Å². The Morgan fingerprint density at radius 3 is 2.11 bits per heavy atom. The topological polar surface area (TPSA) is 72.3 Å². The highest BCUT2D eigenvalue weighted by molar-refractivity contribution is 7.91. The van der Waals surface area contributed by atoms with Gasteiger partial charge in [0.2, 0.25) is 15.7 Å². The molecule has 1 saturated heterocycles. The summed E-state index contributed by atoms with van der Waals surface area (Å²) in [4.78, 5) is 18.1. The lowest BCUT2D eigenvalue weighted by Gasteiger charge is -2.32. The van der Waals surface area contributed by atoms with Crippen molar-refractivity contribution in [2.45, 2.75) is 68.5 Å². The fraction of sp³-hybridized carbons (Fsp3) is 0.462. The lowest BCUT2D eigenvalue weighted by atomic mass is 9.93. The van der Waals surface area contributed by atoms with Gasteiger partial charge < -0.3 is 9.47 Å². The Labute approximate surface area is 209 Å². The number of hydrogen-bond donors (Lipinski definition) is 0. The summed E-state index contributed by atoms with van der Waals surface area (Å²) in [7, 11) is -4.03. The van der Waals surface area contributed by atoms with E-state index in [0.717, 1.165) is 48.4 Å². The molecule has 0 spiro atoms. The number of sulfone groups is 1. The number of aromatic nitrogens is 2. The van der Waals surface area contributed by atoms with Crippen LogP contribution in [0.15, 0.2) is 52.3 Å². The number of fused-ring (bicyclic) bond motifs is 1. The molecule has 194 valence electrons. The molecule has 0 bridgehead atoms. The maximum atomic E-state index is 13.2. The first kappa shape index (κ1) is 26.2. The van der Waals surface area contributed by atoms with Gasteiger partial charge in [-0.2, -0.15) is 13.2 Å². The van der Waals surface area contributed by atoms with Gasteiger partial charge >= 0.3 is 6.18 Å². The summed E-state index contributed by atoms with van der Waals surface area (Å²) in [6.07, 6.45) is -2.79. The SMILES string of the molecule is CC(=O)N1CCC(Cn2c(C(C)(C)C)nc3cc(S(=O)(=O)c4ccc(C(F)(F)F)cc4)ccc32)CC1. The summed E-state index contributed by atoms with van der Waals surface area (Å²) >= 11 is 0. The highest BCUT2D eigenvalue weighted by Crippen LogP contribution is 2.33. The van der Waals surface area contributed by atoms with Crippen molar-refractivity contribution in [3.63, 3.8) is 0 Å². The summed E-state index contributed by atoms with van der Waals surface area (Å²) in [6, 6.07) is 8.21. The van der Waals surface area contributed by atoms with Crippen molar-refractivity contribution in [2.75, 3.05) is 13.1 Å². The molecule has 0 N–H and O–H groups in total. The van der Waals surface area contributed by atoms with Gasteiger partial charge in [-0.15, -0.1) is 0 Å². The van der Waals surface area contributed by atoms with Crippen molar-refractivity contribution in [2.24, 2.45) is 5.92 Å². The van der Waals surface area contributed by atoms with Gasteiger partial charge in [-0.05, 0) is 61.2 Å². The van der Waals surface area contributed by atoms with Crippen molar-refractivity contribution in [3.05, 3.63) is 53.9 Å². The van der Waals surface area contributed by atoms with E-state index in [1.165, 1.54) is 12.1 Å². The van der Waals surface area contributed by atoms with E-state index in [0.29, 0.717) is 31.1 Å². The number of amides is 1. The number of benzene rings is 2. The number of nitrogens with zero attached hydrogens (tertiary/aromatic N) is 3. The molecule has 36 heavy (non-hydrogen) atoms. The van der Waals surface area contributed by atoms with Gasteiger partial charge in [0.15, 0.2) is 0 Å². The Morgan fingerprint density at radius 2 is 1.58 bits per heavy atom. The van der Waals surface area contributed by atoms with Gasteiger partial charge in [-0.1, -0.05) is 20.8 Å². The van der Waals surface area contributed by atoms with Crippen molar-refractivity contribution in [1.82, 2.24) is 14.5 Å². The zero-order valence-corrected chi connectivity index (χ0v) is 21.6. The fourth-order valence-corrected chi connectivity index (χ4v) is 5.96. The summed E-state index contributed by atoms with van der Waals surface area (Å²) < 4.78 is 67.2. The van der Waals surface area contributed by atoms with E-state index in [2.05, 4.69) is 4.57 Å². The van der Waals surface area contributed by atoms with Gasteiger partial charge in [0, 0.05) is 32.0 Å². The highest BCUT2D eigenvalue weighted by atomic mass is 32.2. The number of carbonyl (C=O) groups is 1. The molecule has 10 heteroatoms. The van der Waals surface area contributed by atoms with Crippen LogP contribution in [0.5, 0.6) is 0 Å². The average molecular weight is 522 g/mol. The third-order valence-corrected chi connectivity index (χ3v) is 8.46. The second-order valence-electron chi connectivity index (χ2n) is 10.4. The maximum absolute atomic E-state index is 13.2. The van der Waals surface area contributed by atoms with Crippen molar-refractivity contribution < 1.29 is 26.4 Å². The predicted octanol–water partition coefficient (Wildman–Crippen LogP) is 5.44. The zero-order chi connectivity index (χ0) is 26.5. The van der Waals surface area contributed by atoms with E-state index in [4.69, 9.17) is 4.98 Å². The van der Waals surface area contributed by atoms with Crippen LogP contribution in [0.3, 0.4) is 0 Å². The van der Waals surface area contributed by atoms with Crippen LogP contribution < -0.4 is 0 Å². The Balaban J connectivity index is 1.68. The summed E-state index contributed by atoms with van der Waals surface area (Å²) in [6.45, 7) is 9.85. The molecule has 2 aromatic carbocycles. The molecule has 0 saturated carbocycles. The zero-order valence-electron chi connectivity index (χ0n) is 20.8. The van der Waals surface area contributed by atoms with Crippen LogP contribution in [0.2, 0.25) is 0 Å². The first-order valence-corrected chi connectivity index (χ1v) is 13.3. The van der Waals surface area contributed by atoms with Crippen LogP contribution in [0.4, 0.5) is 13.2 Å². The third kappa shape index (κ3) is 5.14. The van der Waals surface area contributed by atoms with E-state index < -0.39 is 21.6 Å². The lowest BCUT2D eigenvalue weighted by Crippen LogP contribution is -2.38. The number of likely N-dealkylation sites (tertiary alicyclic amines) is 1. The molecule has 1 aromatic heterocycles. The highest BCUT2D eigenvalue weighted by Gasteiger charge is 2.31. The number of rotatable bonds is 4. The second kappa shape index (κ2) is 9.21. The standard InChI is InChI=1S/C26H30F3N3O3S/c1-17(33)31-13-11-18(12-14-31)16-32-23-10-9-21(15-22(23)30-24(32)25(2,3)4)36(34,35)20-7-5-19(6-8-20)26(27,28)29/h5-10,15,18H,11-14,16H2,1-4H3. The minimum absolute atomic E-state index is 0.0189. The molecule has 0 atom stereocenters. The number of piperidine rings is 1. The van der Waals surface area contributed by atoms with Gasteiger partial charge in [-0.25, -0.2) is 13.4 Å². The monoisotopic (exact) mass is 521 g/mol. The molecule has 4 rings (SSSR count). The van der Waals surface area contributed by atoms with Crippen LogP contribution in [-0.2, 0) is 32.8 Å². The molecular weight excluding hydrogens is 491 g/mol. The first-order valence-electron chi connectivity index (χ1n) is 11.9. The quantitative estimate of drug-likeness (QED) is 0.458. The molecular formula is C26H30F3N3O3S. The molecule has 6 nitrogen and oxygen atoms in total. The predicted molar refractivity (Wildman–Crippen MR) is 130 cm³/mol. The van der Waals surface area contributed by atoms with Crippen LogP contribution in [0.1, 0.15) is 51.9 Å². The van der Waals surface area contributed by atoms with Crippen molar-refractivity contribution in [1.29, 1.82) is 0 Å². The summed E-state index contributed by atoms with van der Waals surface area (Å²) in [5, 5.41) is 0. The number of halogens is 3. The smallest absolute Gasteiger partial charge is 0.343 e. The summed E-state index contributed by atoms with van der Waals surface area (Å²) in [5.41, 5.74) is 0.125. The number of alkyl halides is 3. The molecule has 1 aliphatic heterocycles. The molecule has 1 fully saturated rings. The van der Waals surface area contributed by atoms with E-state index in [-0.39, 0.29) is 21.1 Å². The lowest BCUT2D eigenvalue weighted by molar-refractivity contribution is -0.137. The van der Waals surface area contributed by atoms with Crippen LogP contribution in [0.25, 0.3) is 11.0 Å². The second-order valence-corrected chi connectivity index (χ2v) is 12.4. The molecule has 0 radical (unpaired) electrons. The minimum Gasteiger partial charge on any atom is -0.343 e. The first-order chi connectivity index (χ1) is 16.7. The normalized spacial score (nSPS) is 16.0. The van der Waals surface area contributed by atoms with Crippen LogP contribution in [0, 0.1) is 5.92 Å². The molecule has 1 amide bonds. The van der Waals surface area contributed by atoms with Crippen LogP contribution >= 0.6 is 0 Å². The van der Waals surface area contributed by atoms with Gasteiger partial charge in [-0.3, -0.25) is 4.79 Å². The van der Waals surface area contributed by atoms with E-state index in [1.54, 1.807) is 13.0 Å². The van der Waals surface area contributed by atoms with E-state index in [9.17, 15) is 26.4 Å². The molecule has 1 aliphatic rings. The molecule has 0 aliphatic carbocycles. The molecule has 3 aromatic rings. The van der Waals surface area contributed by atoms with Crippen molar-refractivity contribution >= 4 is 26.8 Å². The minimum atomic E-state index is -4.54. The Kier molecular flexibility index (Phi) is 6.70. The fourth-order valence-electron chi connectivity index (χ4n) is 4.68. The van der Waals surface area contributed by atoms with Gasteiger partial charge in [0.05, 0.1) is 26.4 Å². The van der Waals surface area contributed by atoms with E-state index >= 15 is 0 Å². The van der Waals surface area contributed by atoms with Crippen molar-refractivity contribution in [3.8, 4) is 0 Å². The number of hydrogen-bond acceptors (Lipinski definition) is 4. The Hall–Kier alpha value is -2.88. The maximum Gasteiger partial charge on any atom is 0.416 e. The molecule has 0 unspecified atom stereocenters.